The first kappa shape index (κ1) is 14.3. The minimum Gasteiger partial charge on any atom is -0.311 e. The summed E-state index contributed by atoms with van der Waals surface area (Å²) in [5, 5.41) is 3.64. The van der Waals surface area contributed by atoms with Crippen molar-refractivity contribution in [1.29, 1.82) is 0 Å². The number of hydrogen-bond donors (Lipinski definition) is 1. The fraction of sp³-hybridized carbons (Fsp3) is 1.00. The number of nitrogens with one attached hydrogen (secondary N) is 1. The lowest BCUT2D eigenvalue weighted by molar-refractivity contribution is 0.449. The van der Waals surface area contributed by atoms with Gasteiger partial charge < -0.3 is 5.32 Å². The number of hydrogen-bond acceptors (Lipinski definition) is 2. The minimum atomic E-state index is 0.658. The Hall–Kier alpha value is 0.310. The Morgan fingerprint density at radius 3 is 2.36 bits per heavy atom. The van der Waals surface area contributed by atoms with Gasteiger partial charge in [0.05, 0.1) is 0 Å². The zero-order valence-electron chi connectivity index (χ0n) is 10.3. The monoisotopic (exact) mass is 217 g/mol. The standard InChI is InChI=1S/C12H27NS/c1-5-6-7-8-9-11(2)13-12(3)10-14-4/h11-13H,5-10H2,1-4H3. The number of unbranched alkanes of at least 4 members (excludes halogenated alkanes) is 3. The highest BCUT2D eigenvalue weighted by atomic mass is 32.2. The van der Waals surface area contributed by atoms with Crippen molar-refractivity contribution in [2.75, 3.05) is 12.0 Å². The molecule has 0 aliphatic carbocycles. The summed E-state index contributed by atoms with van der Waals surface area (Å²) in [6.45, 7) is 6.85. The Morgan fingerprint density at radius 2 is 1.79 bits per heavy atom. The highest BCUT2D eigenvalue weighted by Crippen LogP contribution is 2.06. The van der Waals surface area contributed by atoms with Crippen LogP contribution in [0.15, 0.2) is 0 Å². The van der Waals surface area contributed by atoms with E-state index < -0.39 is 0 Å². The largest absolute Gasteiger partial charge is 0.311 e. The summed E-state index contributed by atoms with van der Waals surface area (Å²) < 4.78 is 0. The molecule has 0 aliphatic rings. The molecule has 2 unspecified atom stereocenters. The van der Waals surface area contributed by atoms with Crippen molar-refractivity contribution >= 4 is 11.8 Å². The molecule has 0 heterocycles. The molecule has 0 fully saturated rings. The summed E-state index contributed by atoms with van der Waals surface area (Å²) in [4.78, 5) is 0. The first-order valence-corrected chi connectivity index (χ1v) is 7.35. The average Bonchev–Trinajstić information content (AvgIpc) is 2.13. The van der Waals surface area contributed by atoms with Gasteiger partial charge in [0.25, 0.3) is 0 Å². The maximum absolute atomic E-state index is 3.64. The van der Waals surface area contributed by atoms with Gasteiger partial charge in [0.1, 0.15) is 0 Å². The van der Waals surface area contributed by atoms with Crippen LogP contribution in [-0.4, -0.2) is 24.1 Å². The molecule has 0 saturated heterocycles. The maximum atomic E-state index is 3.64. The molecule has 14 heavy (non-hydrogen) atoms. The molecule has 0 spiro atoms. The van der Waals surface area contributed by atoms with E-state index in [9.17, 15) is 0 Å². The van der Waals surface area contributed by atoms with Gasteiger partial charge in [-0.15, -0.1) is 0 Å². The van der Waals surface area contributed by atoms with Crippen LogP contribution in [-0.2, 0) is 0 Å². The molecule has 0 aromatic carbocycles. The van der Waals surface area contributed by atoms with Crippen molar-refractivity contribution in [3.05, 3.63) is 0 Å². The third kappa shape index (κ3) is 8.89. The van der Waals surface area contributed by atoms with E-state index >= 15 is 0 Å². The van der Waals surface area contributed by atoms with Crippen LogP contribution in [0.25, 0.3) is 0 Å². The molecule has 0 aromatic heterocycles. The zero-order valence-corrected chi connectivity index (χ0v) is 11.1. The first-order chi connectivity index (χ1) is 6.70. The molecule has 0 aromatic rings. The molecule has 0 radical (unpaired) electrons. The molecule has 2 atom stereocenters. The van der Waals surface area contributed by atoms with Crippen LogP contribution >= 0.6 is 11.8 Å². The lowest BCUT2D eigenvalue weighted by Gasteiger charge is -2.19. The fourth-order valence-corrected chi connectivity index (χ4v) is 2.34. The summed E-state index contributed by atoms with van der Waals surface area (Å²) in [6, 6.07) is 1.35. The third-order valence-electron chi connectivity index (χ3n) is 2.48. The van der Waals surface area contributed by atoms with Gasteiger partial charge in [-0.25, -0.2) is 0 Å². The lowest BCUT2D eigenvalue weighted by Crippen LogP contribution is -2.35. The Bertz CT molecular complexity index is 117. The van der Waals surface area contributed by atoms with E-state index in [1.807, 2.05) is 11.8 Å². The molecule has 1 nitrogen and oxygen atoms in total. The Balaban J connectivity index is 3.30. The SMILES string of the molecule is CCCCCCC(C)NC(C)CSC. The molecule has 0 saturated carbocycles. The van der Waals surface area contributed by atoms with Crippen LogP contribution in [0, 0.1) is 0 Å². The van der Waals surface area contributed by atoms with Crippen molar-refractivity contribution in [2.24, 2.45) is 0 Å². The van der Waals surface area contributed by atoms with Crippen molar-refractivity contribution in [1.82, 2.24) is 5.32 Å². The van der Waals surface area contributed by atoms with E-state index in [1.165, 1.54) is 37.9 Å². The highest BCUT2D eigenvalue weighted by molar-refractivity contribution is 7.98. The minimum absolute atomic E-state index is 0.658. The van der Waals surface area contributed by atoms with Gasteiger partial charge in [0.15, 0.2) is 0 Å². The van der Waals surface area contributed by atoms with Gasteiger partial charge in [-0.1, -0.05) is 32.6 Å². The smallest absolute Gasteiger partial charge is 0.0132 e. The van der Waals surface area contributed by atoms with Gasteiger partial charge >= 0.3 is 0 Å². The van der Waals surface area contributed by atoms with Gasteiger partial charge in [0.2, 0.25) is 0 Å². The molecular weight excluding hydrogens is 190 g/mol. The molecule has 2 heteroatoms. The summed E-state index contributed by atoms with van der Waals surface area (Å²) in [5.41, 5.74) is 0. The van der Waals surface area contributed by atoms with Gasteiger partial charge in [-0.2, -0.15) is 11.8 Å². The van der Waals surface area contributed by atoms with Crippen molar-refractivity contribution < 1.29 is 0 Å². The lowest BCUT2D eigenvalue weighted by atomic mass is 10.1. The average molecular weight is 217 g/mol. The van der Waals surface area contributed by atoms with E-state index in [1.54, 1.807) is 0 Å². The highest BCUT2D eigenvalue weighted by Gasteiger charge is 2.05. The van der Waals surface area contributed by atoms with E-state index in [0.29, 0.717) is 12.1 Å². The van der Waals surface area contributed by atoms with Crippen LogP contribution in [0.4, 0.5) is 0 Å². The van der Waals surface area contributed by atoms with Gasteiger partial charge in [-0.05, 0) is 26.5 Å². The maximum Gasteiger partial charge on any atom is 0.0132 e. The normalized spacial score (nSPS) is 15.4. The van der Waals surface area contributed by atoms with Crippen LogP contribution in [0.2, 0.25) is 0 Å². The number of rotatable bonds is 9. The van der Waals surface area contributed by atoms with Crippen LogP contribution in [0.5, 0.6) is 0 Å². The van der Waals surface area contributed by atoms with Crippen molar-refractivity contribution in [3.8, 4) is 0 Å². The first-order valence-electron chi connectivity index (χ1n) is 5.95. The Kier molecular flexibility index (Phi) is 10.1. The summed E-state index contributed by atoms with van der Waals surface area (Å²) >= 11 is 1.92. The predicted molar refractivity (Wildman–Crippen MR) is 69.2 cm³/mol. The second-order valence-electron chi connectivity index (χ2n) is 4.27. The molecule has 0 bridgehead atoms. The van der Waals surface area contributed by atoms with Crippen LogP contribution in [0.3, 0.4) is 0 Å². The van der Waals surface area contributed by atoms with E-state index in [2.05, 4.69) is 32.3 Å². The molecular formula is C12H27NS. The van der Waals surface area contributed by atoms with Gasteiger partial charge in [-0.3, -0.25) is 0 Å². The summed E-state index contributed by atoms with van der Waals surface area (Å²) in [5.74, 6) is 1.22. The third-order valence-corrected chi connectivity index (χ3v) is 3.31. The predicted octanol–water partition coefficient (Wildman–Crippen LogP) is 3.69. The summed E-state index contributed by atoms with van der Waals surface area (Å²) in [7, 11) is 0. The number of thioether (sulfide) groups is 1. The van der Waals surface area contributed by atoms with E-state index in [0.717, 1.165) is 0 Å². The molecule has 0 aliphatic heterocycles. The van der Waals surface area contributed by atoms with Crippen LogP contribution in [0.1, 0.15) is 52.9 Å². The second-order valence-corrected chi connectivity index (χ2v) is 5.18. The van der Waals surface area contributed by atoms with Gasteiger partial charge in [0, 0.05) is 17.8 Å². The van der Waals surface area contributed by atoms with Crippen molar-refractivity contribution in [2.45, 2.75) is 65.0 Å². The molecule has 1 N–H and O–H groups in total. The quantitative estimate of drug-likeness (QED) is 0.591. The second kappa shape index (κ2) is 9.85. The summed E-state index contributed by atoms with van der Waals surface area (Å²) in [6.07, 6.45) is 9.02. The van der Waals surface area contributed by atoms with E-state index in [4.69, 9.17) is 0 Å². The topological polar surface area (TPSA) is 12.0 Å². The molecule has 0 rings (SSSR count). The zero-order chi connectivity index (χ0) is 10.8. The Labute approximate surface area is 94.4 Å². The Morgan fingerprint density at radius 1 is 1.07 bits per heavy atom. The van der Waals surface area contributed by atoms with Crippen molar-refractivity contribution in [3.63, 3.8) is 0 Å². The van der Waals surface area contributed by atoms with E-state index in [-0.39, 0.29) is 0 Å². The van der Waals surface area contributed by atoms with Crippen LogP contribution < -0.4 is 5.32 Å². The molecule has 86 valence electrons. The molecule has 0 amide bonds. The fourth-order valence-electron chi connectivity index (χ4n) is 1.74.